The minimum Gasteiger partial charge on any atom is -0.494 e. The molecule has 1 atom stereocenters. The summed E-state index contributed by atoms with van der Waals surface area (Å²) in [6, 6.07) is 11.9. The Balaban J connectivity index is 1.68. The Kier molecular flexibility index (Phi) is 7.67. The summed E-state index contributed by atoms with van der Waals surface area (Å²) in [4.78, 5) is 24.7. The summed E-state index contributed by atoms with van der Waals surface area (Å²) >= 11 is 5.78. The maximum absolute atomic E-state index is 13.7. The van der Waals surface area contributed by atoms with E-state index in [-0.39, 0.29) is 5.69 Å². The summed E-state index contributed by atoms with van der Waals surface area (Å²) in [7, 11) is 0. The first-order valence-electron chi connectivity index (χ1n) is 10.0. The topological polar surface area (TPSA) is 94.5 Å². The van der Waals surface area contributed by atoms with Crippen molar-refractivity contribution in [2.45, 2.75) is 26.1 Å². The van der Waals surface area contributed by atoms with Crippen molar-refractivity contribution in [2.24, 2.45) is 0 Å². The fraction of sp³-hybridized carbons (Fsp3) is 0.227. The SMILES string of the molecule is CCOc1ccc(OC(C)C(=O)NNC(=O)c2cnn(-c3ccc(Cl)cc3)c2C(F)(F)F)cc1. The van der Waals surface area contributed by atoms with Crippen molar-refractivity contribution in [3.05, 3.63) is 71.0 Å². The molecule has 0 bridgehead atoms. The van der Waals surface area contributed by atoms with Crippen LogP contribution in [0, 0.1) is 0 Å². The Morgan fingerprint density at radius 2 is 1.68 bits per heavy atom. The maximum Gasteiger partial charge on any atom is 0.434 e. The molecule has 0 spiro atoms. The van der Waals surface area contributed by atoms with Gasteiger partial charge in [0, 0.05) is 5.02 Å². The number of alkyl halides is 3. The summed E-state index contributed by atoms with van der Waals surface area (Å²) in [5.74, 6) is -0.991. The van der Waals surface area contributed by atoms with Crippen LogP contribution in [0.3, 0.4) is 0 Å². The highest BCUT2D eigenvalue weighted by molar-refractivity contribution is 6.30. The number of ether oxygens (including phenoxy) is 2. The lowest BCUT2D eigenvalue weighted by Crippen LogP contribution is -2.47. The van der Waals surface area contributed by atoms with Crippen LogP contribution >= 0.6 is 11.6 Å². The number of rotatable bonds is 7. The number of benzene rings is 2. The third kappa shape index (κ3) is 5.98. The van der Waals surface area contributed by atoms with Crippen LogP contribution < -0.4 is 20.3 Å². The second kappa shape index (κ2) is 10.5. The molecule has 1 aromatic heterocycles. The van der Waals surface area contributed by atoms with Crippen molar-refractivity contribution in [1.29, 1.82) is 0 Å². The standard InChI is InChI=1S/C22H20ClF3N4O4/c1-3-33-16-8-10-17(11-9-16)34-13(2)20(31)28-29-21(32)18-12-27-30(19(18)22(24,25)26)15-6-4-14(23)5-7-15/h4-13H,3H2,1-2H3,(H,28,31)(H,29,32). The molecule has 0 aliphatic carbocycles. The lowest BCUT2D eigenvalue weighted by atomic mass is 10.2. The monoisotopic (exact) mass is 496 g/mol. The quantitative estimate of drug-likeness (QED) is 0.479. The molecule has 0 aliphatic rings. The van der Waals surface area contributed by atoms with Gasteiger partial charge in [0.1, 0.15) is 11.5 Å². The van der Waals surface area contributed by atoms with Crippen LogP contribution in [-0.4, -0.2) is 34.3 Å². The normalized spacial score (nSPS) is 12.1. The molecular formula is C22H20ClF3N4O4. The molecule has 12 heteroatoms. The number of aromatic nitrogens is 2. The summed E-state index contributed by atoms with van der Waals surface area (Å²) in [5.41, 5.74) is 2.00. The van der Waals surface area contributed by atoms with Gasteiger partial charge in [0.05, 0.1) is 24.1 Å². The highest BCUT2D eigenvalue weighted by Gasteiger charge is 2.40. The Bertz CT molecular complexity index is 1150. The molecule has 0 aliphatic heterocycles. The Morgan fingerprint density at radius 1 is 1.06 bits per heavy atom. The van der Waals surface area contributed by atoms with Gasteiger partial charge in [0.2, 0.25) is 0 Å². The van der Waals surface area contributed by atoms with Gasteiger partial charge in [-0.25, -0.2) is 4.68 Å². The summed E-state index contributed by atoms with van der Waals surface area (Å²) in [6.07, 6.45) is -5.20. The Labute approximate surface area is 197 Å². The third-order valence-electron chi connectivity index (χ3n) is 4.47. The van der Waals surface area contributed by atoms with E-state index in [0.717, 1.165) is 6.20 Å². The van der Waals surface area contributed by atoms with Gasteiger partial charge < -0.3 is 9.47 Å². The zero-order chi connectivity index (χ0) is 24.9. The van der Waals surface area contributed by atoms with E-state index in [0.29, 0.717) is 27.8 Å². The predicted octanol–water partition coefficient (Wildman–Crippen LogP) is 4.17. The van der Waals surface area contributed by atoms with E-state index < -0.39 is 35.4 Å². The van der Waals surface area contributed by atoms with Crippen LogP contribution in [0.2, 0.25) is 5.02 Å². The lowest BCUT2D eigenvalue weighted by molar-refractivity contribution is -0.143. The predicted molar refractivity (Wildman–Crippen MR) is 117 cm³/mol. The molecule has 0 radical (unpaired) electrons. The molecule has 2 N–H and O–H groups in total. The number of nitrogens with zero attached hydrogens (tertiary/aromatic N) is 2. The second-order valence-corrected chi connectivity index (χ2v) is 7.34. The van der Waals surface area contributed by atoms with Crippen molar-refractivity contribution in [1.82, 2.24) is 20.6 Å². The van der Waals surface area contributed by atoms with Crippen LogP contribution in [0.1, 0.15) is 29.9 Å². The molecule has 8 nitrogen and oxygen atoms in total. The van der Waals surface area contributed by atoms with Crippen molar-refractivity contribution < 1.29 is 32.2 Å². The molecule has 0 saturated heterocycles. The van der Waals surface area contributed by atoms with Crippen LogP contribution in [-0.2, 0) is 11.0 Å². The van der Waals surface area contributed by atoms with E-state index in [4.69, 9.17) is 21.1 Å². The van der Waals surface area contributed by atoms with Gasteiger partial charge in [0.15, 0.2) is 11.8 Å². The van der Waals surface area contributed by atoms with E-state index in [1.54, 1.807) is 24.3 Å². The maximum atomic E-state index is 13.7. The lowest BCUT2D eigenvalue weighted by Gasteiger charge is -2.16. The number of hydrogen-bond donors (Lipinski definition) is 2. The van der Waals surface area contributed by atoms with Crippen LogP contribution in [0.25, 0.3) is 5.69 Å². The molecule has 3 rings (SSSR count). The van der Waals surface area contributed by atoms with Gasteiger partial charge >= 0.3 is 6.18 Å². The van der Waals surface area contributed by atoms with Crippen molar-refractivity contribution in [3.8, 4) is 17.2 Å². The molecule has 2 aromatic carbocycles. The van der Waals surface area contributed by atoms with E-state index in [9.17, 15) is 22.8 Å². The number of hydrogen-bond acceptors (Lipinski definition) is 5. The van der Waals surface area contributed by atoms with E-state index >= 15 is 0 Å². The van der Waals surface area contributed by atoms with Gasteiger partial charge in [-0.3, -0.25) is 20.4 Å². The molecule has 1 heterocycles. The van der Waals surface area contributed by atoms with Gasteiger partial charge in [-0.15, -0.1) is 0 Å². The van der Waals surface area contributed by atoms with Crippen molar-refractivity contribution in [2.75, 3.05) is 6.61 Å². The summed E-state index contributed by atoms with van der Waals surface area (Å²) in [5, 5.41) is 4.01. The average Bonchev–Trinajstić information content (AvgIpc) is 3.25. The van der Waals surface area contributed by atoms with E-state index in [1.165, 1.54) is 31.2 Å². The van der Waals surface area contributed by atoms with Crippen LogP contribution in [0.5, 0.6) is 11.5 Å². The highest BCUT2D eigenvalue weighted by Crippen LogP contribution is 2.33. The fourth-order valence-electron chi connectivity index (χ4n) is 2.89. The zero-order valence-electron chi connectivity index (χ0n) is 18.0. The second-order valence-electron chi connectivity index (χ2n) is 6.90. The smallest absolute Gasteiger partial charge is 0.434 e. The molecule has 180 valence electrons. The first kappa shape index (κ1) is 24.9. The van der Waals surface area contributed by atoms with Crippen LogP contribution in [0.4, 0.5) is 13.2 Å². The number of hydrazine groups is 1. The molecule has 0 saturated carbocycles. The Morgan fingerprint density at radius 3 is 2.26 bits per heavy atom. The molecule has 2 amide bonds. The van der Waals surface area contributed by atoms with E-state index in [2.05, 4.69) is 10.5 Å². The third-order valence-corrected chi connectivity index (χ3v) is 4.72. The molecule has 1 unspecified atom stereocenters. The van der Waals surface area contributed by atoms with Crippen molar-refractivity contribution >= 4 is 23.4 Å². The molecular weight excluding hydrogens is 477 g/mol. The zero-order valence-corrected chi connectivity index (χ0v) is 18.8. The van der Waals surface area contributed by atoms with E-state index in [1.807, 2.05) is 12.3 Å². The summed E-state index contributed by atoms with van der Waals surface area (Å²) < 4.78 is 52.5. The average molecular weight is 497 g/mol. The molecule has 3 aromatic rings. The molecule has 0 fully saturated rings. The largest absolute Gasteiger partial charge is 0.494 e. The van der Waals surface area contributed by atoms with Crippen molar-refractivity contribution in [3.63, 3.8) is 0 Å². The number of amides is 2. The first-order valence-corrected chi connectivity index (χ1v) is 10.4. The Hall–Kier alpha value is -3.73. The minimum atomic E-state index is -4.91. The first-order chi connectivity index (χ1) is 16.1. The molecule has 34 heavy (non-hydrogen) atoms. The van der Waals surface area contributed by atoms with Gasteiger partial charge in [-0.05, 0) is 62.4 Å². The van der Waals surface area contributed by atoms with Gasteiger partial charge in [0.25, 0.3) is 11.8 Å². The fourth-order valence-corrected chi connectivity index (χ4v) is 3.02. The minimum absolute atomic E-state index is 0.0530. The number of carbonyl (C=O) groups excluding carboxylic acids is 2. The van der Waals surface area contributed by atoms with Gasteiger partial charge in [-0.1, -0.05) is 11.6 Å². The van der Waals surface area contributed by atoms with Gasteiger partial charge in [-0.2, -0.15) is 18.3 Å². The summed E-state index contributed by atoms with van der Waals surface area (Å²) in [6.45, 7) is 3.75. The number of nitrogens with one attached hydrogen (secondary N) is 2. The number of carbonyl (C=O) groups is 2. The number of halogens is 4. The highest BCUT2D eigenvalue weighted by atomic mass is 35.5. The van der Waals surface area contributed by atoms with Crippen LogP contribution in [0.15, 0.2) is 54.7 Å².